The van der Waals surface area contributed by atoms with Crippen LogP contribution in [0, 0.1) is 0 Å². The van der Waals surface area contributed by atoms with Crippen LogP contribution >= 0.6 is 39.1 Å². The quantitative estimate of drug-likeness (QED) is 0.907. The summed E-state index contributed by atoms with van der Waals surface area (Å²) in [7, 11) is 0. The van der Waals surface area contributed by atoms with Crippen molar-refractivity contribution in [3.05, 3.63) is 44.9 Å². The number of hydrogen-bond donors (Lipinski definition) is 1. The number of halogens is 3. The highest BCUT2D eigenvalue weighted by atomic mass is 79.9. The largest absolute Gasteiger partial charge is 0.347 e. The molecule has 1 N–H and O–H groups in total. The highest BCUT2D eigenvalue weighted by Gasteiger charge is 2.07. The molecular formula is C10H8BrCl2NO. The third kappa shape index (κ3) is 4.24. The maximum absolute atomic E-state index is 11.6. The van der Waals surface area contributed by atoms with Crippen LogP contribution in [0.5, 0.6) is 0 Å². The lowest BCUT2D eigenvalue weighted by atomic mass is 10.2. The molecular weight excluding hydrogens is 301 g/mol. The van der Waals surface area contributed by atoms with Gasteiger partial charge < -0.3 is 5.32 Å². The second kappa shape index (κ2) is 5.54. The molecule has 15 heavy (non-hydrogen) atoms. The zero-order valence-electron chi connectivity index (χ0n) is 7.69. The van der Waals surface area contributed by atoms with Crippen LogP contribution in [0.2, 0.25) is 10.0 Å². The van der Waals surface area contributed by atoms with E-state index in [2.05, 4.69) is 27.8 Å². The summed E-state index contributed by atoms with van der Waals surface area (Å²) in [5.41, 5.74) is 0.432. The van der Waals surface area contributed by atoms with E-state index in [9.17, 15) is 4.79 Å². The van der Waals surface area contributed by atoms with Crippen LogP contribution < -0.4 is 5.32 Å². The van der Waals surface area contributed by atoms with Gasteiger partial charge in [-0.25, -0.2) is 0 Å². The Labute approximate surface area is 106 Å². The topological polar surface area (TPSA) is 29.1 Å². The van der Waals surface area contributed by atoms with Crippen molar-refractivity contribution in [2.45, 2.75) is 0 Å². The lowest BCUT2D eigenvalue weighted by Crippen LogP contribution is -2.24. The maximum atomic E-state index is 11.6. The Morgan fingerprint density at radius 3 is 2.33 bits per heavy atom. The van der Waals surface area contributed by atoms with Crippen LogP contribution in [0.1, 0.15) is 10.4 Å². The van der Waals surface area contributed by atoms with Crippen LogP contribution in [0.4, 0.5) is 0 Å². The standard InChI is InChI=1S/C10H8BrCl2NO/c1-6(11)5-14-10(15)7-2-8(12)4-9(13)3-7/h2-4H,1,5H2,(H,14,15). The van der Waals surface area contributed by atoms with Gasteiger partial charge in [-0.3, -0.25) is 4.79 Å². The lowest BCUT2D eigenvalue weighted by Gasteiger charge is -2.04. The number of benzene rings is 1. The Bertz CT molecular complexity index is 386. The van der Waals surface area contributed by atoms with Crippen molar-refractivity contribution < 1.29 is 4.79 Å². The van der Waals surface area contributed by atoms with Crippen molar-refractivity contribution in [3.8, 4) is 0 Å². The summed E-state index contributed by atoms with van der Waals surface area (Å²) in [4.78, 5) is 11.6. The van der Waals surface area contributed by atoms with E-state index >= 15 is 0 Å². The molecule has 0 saturated heterocycles. The predicted octanol–water partition coefficient (Wildman–Crippen LogP) is 3.63. The average Bonchev–Trinajstić information content (AvgIpc) is 2.12. The first-order valence-electron chi connectivity index (χ1n) is 4.06. The van der Waals surface area contributed by atoms with Crippen LogP contribution in [0.3, 0.4) is 0 Å². The van der Waals surface area contributed by atoms with Gasteiger partial charge in [0.2, 0.25) is 0 Å². The highest BCUT2D eigenvalue weighted by molar-refractivity contribution is 9.11. The Kier molecular flexibility index (Phi) is 4.64. The van der Waals surface area contributed by atoms with Gasteiger partial charge in [0.15, 0.2) is 0 Å². The van der Waals surface area contributed by atoms with Gasteiger partial charge in [0, 0.05) is 26.6 Å². The molecule has 0 spiro atoms. The average molecular weight is 309 g/mol. The molecule has 0 aliphatic heterocycles. The normalized spacial score (nSPS) is 9.80. The number of nitrogens with one attached hydrogen (secondary N) is 1. The minimum atomic E-state index is -0.236. The molecule has 0 fully saturated rings. The molecule has 0 aliphatic carbocycles. The molecule has 1 aromatic rings. The van der Waals surface area contributed by atoms with Crippen LogP contribution in [0.15, 0.2) is 29.3 Å². The first-order valence-corrected chi connectivity index (χ1v) is 5.61. The number of amides is 1. The van der Waals surface area contributed by atoms with Crippen molar-refractivity contribution in [1.29, 1.82) is 0 Å². The van der Waals surface area contributed by atoms with Crippen LogP contribution in [-0.2, 0) is 0 Å². The van der Waals surface area contributed by atoms with Gasteiger partial charge in [-0.15, -0.1) is 0 Å². The summed E-state index contributed by atoms with van der Waals surface area (Å²) >= 11 is 14.7. The van der Waals surface area contributed by atoms with Gasteiger partial charge >= 0.3 is 0 Å². The zero-order valence-corrected chi connectivity index (χ0v) is 10.8. The summed E-state index contributed by atoms with van der Waals surface area (Å²) in [5.74, 6) is -0.236. The number of carbonyl (C=O) groups excluding carboxylic acids is 1. The van der Waals surface area contributed by atoms with E-state index < -0.39 is 0 Å². The molecule has 0 unspecified atom stereocenters. The fourth-order valence-electron chi connectivity index (χ4n) is 0.963. The molecule has 0 aliphatic rings. The molecule has 0 saturated carbocycles. The van der Waals surface area contributed by atoms with Crippen LogP contribution in [0.25, 0.3) is 0 Å². The minimum Gasteiger partial charge on any atom is -0.347 e. The van der Waals surface area contributed by atoms with Gasteiger partial charge in [-0.1, -0.05) is 45.7 Å². The summed E-state index contributed by atoms with van der Waals surface area (Å²) in [6.45, 7) is 3.97. The maximum Gasteiger partial charge on any atom is 0.251 e. The fourth-order valence-corrected chi connectivity index (χ4v) is 1.63. The molecule has 0 atom stereocenters. The lowest BCUT2D eigenvalue weighted by molar-refractivity contribution is 0.0958. The third-order valence-corrected chi connectivity index (χ3v) is 2.28. The summed E-state index contributed by atoms with van der Waals surface area (Å²) in [6.07, 6.45) is 0. The second-order valence-electron chi connectivity index (χ2n) is 2.86. The molecule has 80 valence electrons. The van der Waals surface area contributed by atoms with E-state index in [0.29, 0.717) is 26.6 Å². The van der Waals surface area contributed by atoms with E-state index in [1.165, 1.54) is 0 Å². The zero-order chi connectivity index (χ0) is 11.4. The van der Waals surface area contributed by atoms with E-state index in [4.69, 9.17) is 23.2 Å². The third-order valence-electron chi connectivity index (χ3n) is 1.57. The van der Waals surface area contributed by atoms with Crippen LogP contribution in [-0.4, -0.2) is 12.5 Å². The molecule has 0 heterocycles. The Morgan fingerprint density at radius 1 is 1.33 bits per heavy atom. The van der Waals surface area contributed by atoms with Crippen molar-refractivity contribution in [1.82, 2.24) is 5.32 Å². The molecule has 0 bridgehead atoms. The van der Waals surface area contributed by atoms with Crippen molar-refractivity contribution >= 4 is 45.0 Å². The number of rotatable bonds is 3. The monoisotopic (exact) mass is 307 g/mol. The number of hydrogen-bond acceptors (Lipinski definition) is 1. The Morgan fingerprint density at radius 2 is 1.87 bits per heavy atom. The van der Waals surface area contributed by atoms with Gasteiger partial charge in [0.1, 0.15) is 0 Å². The van der Waals surface area contributed by atoms with E-state index in [-0.39, 0.29) is 5.91 Å². The Balaban J connectivity index is 2.77. The highest BCUT2D eigenvalue weighted by Crippen LogP contribution is 2.18. The van der Waals surface area contributed by atoms with Crippen molar-refractivity contribution in [3.63, 3.8) is 0 Å². The molecule has 0 aromatic heterocycles. The summed E-state index contributed by atoms with van der Waals surface area (Å²) in [6, 6.07) is 4.68. The summed E-state index contributed by atoms with van der Waals surface area (Å²) < 4.78 is 0.698. The van der Waals surface area contributed by atoms with Crippen molar-refractivity contribution in [2.75, 3.05) is 6.54 Å². The van der Waals surface area contributed by atoms with E-state index in [0.717, 1.165) is 0 Å². The molecule has 0 radical (unpaired) electrons. The molecule has 1 rings (SSSR count). The summed E-state index contributed by atoms with van der Waals surface area (Å²) in [5, 5.41) is 3.52. The second-order valence-corrected chi connectivity index (χ2v) is 4.85. The van der Waals surface area contributed by atoms with Gasteiger partial charge in [0.25, 0.3) is 5.91 Å². The molecule has 1 amide bonds. The minimum absolute atomic E-state index is 0.236. The van der Waals surface area contributed by atoms with Gasteiger partial charge in [0.05, 0.1) is 0 Å². The fraction of sp³-hybridized carbons (Fsp3) is 0.100. The van der Waals surface area contributed by atoms with E-state index in [1.54, 1.807) is 18.2 Å². The van der Waals surface area contributed by atoms with Crippen molar-refractivity contribution in [2.24, 2.45) is 0 Å². The first-order chi connectivity index (χ1) is 6.99. The van der Waals surface area contributed by atoms with Gasteiger partial charge in [-0.05, 0) is 18.2 Å². The Hall–Kier alpha value is -0.510. The van der Waals surface area contributed by atoms with E-state index in [1.807, 2.05) is 0 Å². The molecule has 1 aromatic carbocycles. The van der Waals surface area contributed by atoms with Gasteiger partial charge in [-0.2, -0.15) is 0 Å². The smallest absolute Gasteiger partial charge is 0.251 e. The predicted molar refractivity (Wildman–Crippen MR) is 66.9 cm³/mol. The SMILES string of the molecule is C=C(Br)CNC(=O)c1cc(Cl)cc(Cl)c1. The molecule has 2 nitrogen and oxygen atoms in total. The number of carbonyl (C=O) groups is 1. The first kappa shape index (κ1) is 12.6. The molecule has 5 heteroatoms.